The lowest BCUT2D eigenvalue weighted by molar-refractivity contribution is 0.308. The maximum atomic E-state index is 6.33. The van der Waals surface area contributed by atoms with Gasteiger partial charge in [0.25, 0.3) is 0 Å². The zero-order valence-corrected chi connectivity index (χ0v) is 14.4. The number of aryl methyl sites for hydroxylation is 2. The van der Waals surface area contributed by atoms with Gasteiger partial charge in [0.05, 0.1) is 23.1 Å². The molecule has 4 nitrogen and oxygen atoms in total. The molecule has 0 spiro atoms. The molecule has 21 heavy (non-hydrogen) atoms. The van der Waals surface area contributed by atoms with E-state index in [4.69, 9.17) is 11.6 Å². The summed E-state index contributed by atoms with van der Waals surface area (Å²) in [5.41, 5.74) is 4.10. The molecule has 0 N–H and O–H groups in total. The lowest BCUT2D eigenvalue weighted by atomic mass is 10.2. The Hall–Kier alpha value is -1.08. The Bertz CT molecular complexity index is 767. The number of aromatic nitrogens is 3. The second-order valence-corrected chi connectivity index (χ2v) is 7.33. The van der Waals surface area contributed by atoms with Gasteiger partial charge in [-0.1, -0.05) is 11.6 Å². The fourth-order valence-corrected chi connectivity index (χ4v) is 4.18. The molecule has 3 rings (SSSR count). The minimum Gasteiger partial charge on any atom is -0.293 e. The zero-order valence-electron chi connectivity index (χ0n) is 12.1. The first kappa shape index (κ1) is 14.8. The van der Waals surface area contributed by atoms with Crippen molar-refractivity contribution in [3.05, 3.63) is 38.0 Å². The van der Waals surface area contributed by atoms with Crippen molar-refractivity contribution in [2.75, 3.05) is 7.05 Å². The first-order chi connectivity index (χ1) is 10.0. The van der Waals surface area contributed by atoms with Gasteiger partial charge in [-0.05, 0) is 26.5 Å². The smallest absolute Gasteiger partial charge is 0.145 e. The van der Waals surface area contributed by atoms with Crippen molar-refractivity contribution in [3.8, 4) is 0 Å². The zero-order chi connectivity index (χ0) is 15.0. The van der Waals surface area contributed by atoms with Crippen LogP contribution in [0.4, 0.5) is 0 Å². The first-order valence-corrected chi connectivity index (χ1v) is 8.66. The molecule has 110 valence electrons. The molecule has 0 amide bonds. The van der Waals surface area contributed by atoms with Gasteiger partial charge in [-0.15, -0.1) is 22.7 Å². The molecule has 0 aliphatic heterocycles. The van der Waals surface area contributed by atoms with Crippen molar-refractivity contribution < 1.29 is 0 Å². The predicted molar refractivity (Wildman–Crippen MR) is 89.2 cm³/mol. The Balaban J connectivity index is 1.84. The summed E-state index contributed by atoms with van der Waals surface area (Å²) in [4.78, 5) is 17.7. The normalized spacial score (nSPS) is 11.7. The van der Waals surface area contributed by atoms with Gasteiger partial charge >= 0.3 is 0 Å². The second kappa shape index (κ2) is 5.96. The number of thiophene rings is 1. The molecular formula is C14H15ClN4S2. The fourth-order valence-electron chi connectivity index (χ4n) is 2.20. The Morgan fingerprint density at radius 3 is 2.76 bits per heavy atom. The summed E-state index contributed by atoms with van der Waals surface area (Å²) in [5.74, 6) is 0.756. The molecule has 3 aromatic rings. The molecule has 7 heteroatoms. The van der Waals surface area contributed by atoms with E-state index < -0.39 is 0 Å². The highest BCUT2D eigenvalue weighted by Gasteiger charge is 2.14. The van der Waals surface area contributed by atoms with Crippen molar-refractivity contribution >= 4 is 44.5 Å². The summed E-state index contributed by atoms with van der Waals surface area (Å²) in [7, 11) is 2.03. The van der Waals surface area contributed by atoms with E-state index >= 15 is 0 Å². The van der Waals surface area contributed by atoms with Crippen LogP contribution in [0.3, 0.4) is 0 Å². The maximum absolute atomic E-state index is 6.33. The summed E-state index contributed by atoms with van der Waals surface area (Å²) in [5, 5.41) is 3.60. The van der Waals surface area contributed by atoms with Crippen LogP contribution >= 0.6 is 34.3 Å². The molecule has 0 bridgehead atoms. The average molecular weight is 339 g/mol. The molecule has 3 aromatic heterocycles. The summed E-state index contributed by atoms with van der Waals surface area (Å²) in [6.07, 6.45) is 0. The number of hydrogen-bond donors (Lipinski definition) is 0. The number of rotatable bonds is 4. The SMILES string of the molecule is Cc1sc2nc(CN(C)Cc3cscn3)nc(Cl)c2c1C. The van der Waals surface area contributed by atoms with Crippen LogP contribution in [-0.4, -0.2) is 26.9 Å². The van der Waals surface area contributed by atoms with E-state index in [0.717, 1.165) is 28.3 Å². The van der Waals surface area contributed by atoms with Gasteiger partial charge < -0.3 is 0 Å². The van der Waals surface area contributed by atoms with Gasteiger partial charge in [-0.2, -0.15) is 0 Å². The fraction of sp³-hybridized carbons (Fsp3) is 0.357. The van der Waals surface area contributed by atoms with E-state index in [1.54, 1.807) is 22.7 Å². The molecule has 0 aromatic carbocycles. The number of nitrogens with zero attached hydrogens (tertiary/aromatic N) is 4. The van der Waals surface area contributed by atoms with E-state index in [-0.39, 0.29) is 0 Å². The van der Waals surface area contributed by atoms with E-state index in [1.165, 1.54) is 10.4 Å². The van der Waals surface area contributed by atoms with Gasteiger partial charge in [0.15, 0.2) is 0 Å². The molecule has 0 saturated carbocycles. The predicted octanol–water partition coefficient (Wildman–Crippen LogP) is 4.05. The minimum atomic E-state index is 0.555. The molecule has 3 heterocycles. The molecule has 0 radical (unpaired) electrons. The molecule has 0 unspecified atom stereocenters. The number of halogens is 1. The van der Waals surface area contributed by atoms with Crippen LogP contribution in [0.15, 0.2) is 10.9 Å². The largest absolute Gasteiger partial charge is 0.293 e. The van der Waals surface area contributed by atoms with Crippen LogP contribution in [0, 0.1) is 13.8 Å². The molecule has 0 atom stereocenters. The molecule has 0 aliphatic rings. The summed E-state index contributed by atoms with van der Waals surface area (Å²) < 4.78 is 0. The molecule has 0 fully saturated rings. The topological polar surface area (TPSA) is 41.9 Å². The molecule has 0 saturated heterocycles. The Morgan fingerprint density at radius 1 is 1.24 bits per heavy atom. The van der Waals surface area contributed by atoms with Gasteiger partial charge in [0.2, 0.25) is 0 Å². The highest BCUT2D eigenvalue weighted by Crippen LogP contribution is 2.32. The number of hydrogen-bond acceptors (Lipinski definition) is 6. The Morgan fingerprint density at radius 2 is 2.05 bits per heavy atom. The average Bonchev–Trinajstić information content (AvgIpc) is 2.99. The standard InChI is InChI=1S/C14H15ClN4S2/c1-8-9(2)21-14-12(8)13(15)17-11(18-14)5-19(3)4-10-6-20-7-16-10/h6-7H,4-5H2,1-3H3. The van der Waals surface area contributed by atoms with Crippen molar-refractivity contribution in [2.45, 2.75) is 26.9 Å². The quantitative estimate of drug-likeness (QED) is 0.673. The van der Waals surface area contributed by atoms with E-state index in [1.807, 2.05) is 12.6 Å². The maximum Gasteiger partial charge on any atom is 0.145 e. The third-order valence-corrected chi connectivity index (χ3v) is 5.37. The van der Waals surface area contributed by atoms with Crippen LogP contribution < -0.4 is 0 Å². The van der Waals surface area contributed by atoms with Crippen molar-refractivity contribution in [1.29, 1.82) is 0 Å². The third kappa shape index (κ3) is 3.08. The van der Waals surface area contributed by atoms with E-state index in [0.29, 0.717) is 11.7 Å². The Kier molecular flexibility index (Phi) is 4.21. The number of fused-ring (bicyclic) bond motifs is 1. The van der Waals surface area contributed by atoms with E-state index in [2.05, 4.69) is 39.1 Å². The van der Waals surface area contributed by atoms with Crippen LogP contribution in [0.2, 0.25) is 5.15 Å². The summed E-state index contributed by atoms with van der Waals surface area (Å²) in [6.45, 7) is 5.59. The van der Waals surface area contributed by atoms with Crippen LogP contribution in [0.1, 0.15) is 22.0 Å². The summed E-state index contributed by atoms with van der Waals surface area (Å²) in [6, 6.07) is 0. The minimum absolute atomic E-state index is 0.555. The van der Waals surface area contributed by atoms with Gasteiger partial charge in [0.1, 0.15) is 15.8 Å². The Labute approximate surface area is 136 Å². The van der Waals surface area contributed by atoms with Gasteiger partial charge in [-0.25, -0.2) is 15.0 Å². The van der Waals surface area contributed by atoms with Gasteiger partial charge in [0, 0.05) is 16.8 Å². The number of thiazole rings is 1. The van der Waals surface area contributed by atoms with E-state index in [9.17, 15) is 0 Å². The van der Waals surface area contributed by atoms with Crippen LogP contribution in [-0.2, 0) is 13.1 Å². The van der Waals surface area contributed by atoms with Gasteiger partial charge in [-0.3, -0.25) is 4.90 Å². The molecular weight excluding hydrogens is 324 g/mol. The van der Waals surface area contributed by atoms with Crippen molar-refractivity contribution in [3.63, 3.8) is 0 Å². The first-order valence-electron chi connectivity index (χ1n) is 6.52. The van der Waals surface area contributed by atoms with Crippen LogP contribution in [0.5, 0.6) is 0 Å². The lowest BCUT2D eigenvalue weighted by Gasteiger charge is -2.14. The molecule has 0 aliphatic carbocycles. The third-order valence-electron chi connectivity index (χ3n) is 3.36. The monoisotopic (exact) mass is 338 g/mol. The highest BCUT2D eigenvalue weighted by atomic mass is 35.5. The second-order valence-electron chi connectivity index (χ2n) is 5.05. The highest BCUT2D eigenvalue weighted by molar-refractivity contribution is 7.18. The lowest BCUT2D eigenvalue weighted by Crippen LogP contribution is -2.19. The van der Waals surface area contributed by atoms with Crippen molar-refractivity contribution in [2.24, 2.45) is 0 Å². The summed E-state index contributed by atoms with van der Waals surface area (Å²) >= 11 is 9.62. The van der Waals surface area contributed by atoms with Crippen LogP contribution in [0.25, 0.3) is 10.2 Å². The van der Waals surface area contributed by atoms with Crippen molar-refractivity contribution in [1.82, 2.24) is 19.9 Å².